The summed E-state index contributed by atoms with van der Waals surface area (Å²) in [5, 5.41) is 4.25. The van der Waals surface area contributed by atoms with Crippen LogP contribution in [0.2, 0.25) is 5.02 Å². The minimum Gasteiger partial charge on any atom is -0.312 e. The lowest BCUT2D eigenvalue weighted by Gasteiger charge is -2.08. The van der Waals surface area contributed by atoms with Gasteiger partial charge in [0.1, 0.15) is 0 Å². The zero-order chi connectivity index (χ0) is 10.6. The number of nitrogens with one attached hydrogen (secondary N) is 1. The van der Waals surface area contributed by atoms with E-state index < -0.39 is 0 Å². The van der Waals surface area contributed by atoms with Crippen molar-refractivity contribution in [3.8, 4) is 0 Å². The zero-order valence-electron chi connectivity index (χ0n) is 9.10. The molecule has 0 atom stereocenters. The Hall–Kier alpha value is -0.530. The molecule has 1 aromatic carbocycles. The maximum absolute atomic E-state index is 5.94. The van der Waals surface area contributed by atoms with Crippen molar-refractivity contribution in [2.24, 2.45) is 5.92 Å². The highest BCUT2D eigenvalue weighted by Crippen LogP contribution is 2.15. The standard InChI is InChI=1S/C12H18ClN/c1-9(2)7-14-8-11-4-5-12(13)10(3)6-11/h4-6,9,14H,7-8H2,1-3H3. The fourth-order valence-corrected chi connectivity index (χ4v) is 1.44. The average molecular weight is 212 g/mol. The highest BCUT2D eigenvalue weighted by molar-refractivity contribution is 6.31. The first-order chi connectivity index (χ1) is 6.59. The van der Waals surface area contributed by atoms with Gasteiger partial charge in [0.25, 0.3) is 0 Å². The third kappa shape index (κ3) is 3.69. The quantitative estimate of drug-likeness (QED) is 0.805. The Labute approximate surface area is 91.5 Å². The van der Waals surface area contributed by atoms with Crippen molar-refractivity contribution in [3.63, 3.8) is 0 Å². The van der Waals surface area contributed by atoms with Crippen molar-refractivity contribution in [1.82, 2.24) is 5.32 Å². The molecule has 0 fully saturated rings. The molecule has 2 heteroatoms. The lowest BCUT2D eigenvalue weighted by Crippen LogP contribution is -2.18. The van der Waals surface area contributed by atoms with Crippen LogP contribution in [0.25, 0.3) is 0 Å². The van der Waals surface area contributed by atoms with Crippen molar-refractivity contribution in [2.75, 3.05) is 6.54 Å². The lowest BCUT2D eigenvalue weighted by atomic mass is 10.1. The lowest BCUT2D eigenvalue weighted by molar-refractivity contribution is 0.552. The van der Waals surface area contributed by atoms with Gasteiger partial charge in [0.15, 0.2) is 0 Å². The van der Waals surface area contributed by atoms with Crippen LogP contribution in [0.4, 0.5) is 0 Å². The summed E-state index contributed by atoms with van der Waals surface area (Å²) >= 11 is 5.94. The fourth-order valence-electron chi connectivity index (χ4n) is 1.32. The number of hydrogen-bond donors (Lipinski definition) is 1. The molecule has 0 amide bonds. The van der Waals surface area contributed by atoms with Gasteiger partial charge in [0.05, 0.1) is 0 Å². The van der Waals surface area contributed by atoms with Crippen molar-refractivity contribution in [3.05, 3.63) is 34.3 Å². The SMILES string of the molecule is Cc1cc(CNCC(C)C)ccc1Cl. The molecule has 1 aromatic rings. The van der Waals surface area contributed by atoms with Gasteiger partial charge in [0, 0.05) is 11.6 Å². The van der Waals surface area contributed by atoms with Gasteiger partial charge in [-0.2, -0.15) is 0 Å². The number of rotatable bonds is 4. The summed E-state index contributed by atoms with van der Waals surface area (Å²) < 4.78 is 0. The predicted octanol–water partition coefficient (Wildman–Crippen LogP) is 3.39. The third-order valence-corrected chi connectivity index (χ3v) is 2.53. The van der Waals surface area contributed by atoms with Crippen molar-refractivity contribution < 1.29 is 0 Å². The highest BCUT2D eigenvalue weighted by Gasteiger charge is 1.98. The molecule has 0 aliphatic carbocycles. The van der Waals surface area contributed by atoms with Crippen LogP contribution in [0.1, 0.15) is 25.0 Å². The first-order valence-electron chi connectivity index (χ1n) is 5.05. The second-order valence-corrected chi connectivity index (χ2v) is 4.52. The van der Waals surface area contributed by atoms with Gasteiger partial charge in [-0.1, -0.05) is 37.6 Å². The van der Waals surface area contributed by atoms with E-state index in [4.69, 9.17) is 11.6 Å². The van der Waals surface area contributed by atoms with Crippen LogP contribution in [-0.2, 0) is 6.54 Å². The average Bonchev–Trinajstić information content (AvgIpc) is 2.10. The molecule has 78 valence electrons. The fraction of sp³-hybridized carbons (Fsp3) is 0.500. The van der Waals surface area contributed by atoms with Crippen molar-refractivity contribution >= 4 is 11.6 Å². The normalized spacial score (nSPS) is 10.9. The van der Waals surface area contributed by atoms with Gasteiger partial charge < -0.3 is 5.32 Å². The van der Waals surface area contributed by atoms with E-state index in [0.717, 1.165) is 23.7 Å². The summed E-state index contributed by atoms with van der Waals surface area (Å²) in [6, 6.07) is 6.17. The Morgan fingerprint density at radius 3 is 2.64 bits per heavy atom. The summed E-state index contributed by atoms with van der Waals surface area (Å²) in [5.74, 6) is 0.698. The van der Waals surface area contributed by atoms with E-state index in [-0.39, 0.29) is 0 Å². The minimum absolute atomic E-state index is 0.698. The van der Waals surface area contributed by atoms with Crippen molar-refractivity contribution in [2.45, 2.75) is 27.3 Å². The van der Waals surface area contributed by atoms with Crippen LogP contribution < -0.4 is 5.32 Å². The zero-order valence-corrected chi connectivity index (χ0v) is 9.86. The summed E-state index contributed by atoms with van der Waals surface area (Å²) in [6.45, 7) is 8.44. The predicted molar refractivity (Wildman–Crippen MR) is 62.7 cm³/mol. The smallest absolute Gasteiger partial charge is 0.0435 e. The van der Waals surface area contributed by atoms with E-state index in [9.17, 15) is 0 Å². The summed E-state index contributed by atoms with van der Waals surface area (Å²) in [6.07, 6.45) is 0. The molecule has 1 nitrogen and oxygen atoms in total. The molecule has 0 aromatic heterocycles. The first-order valence-corrected chi connectivity index (χ1v) is 5.43. The minimum atomic E-state index is 0.698. The second-order valence-electron chi connectivity index (χ2n) is 4.11. The number of benzene rings is 1. The molecule has 0 unspecified atom stereocenters. The van der Waals surface area contributed by atoms with Gasteiger partial charge in [-0.3, -0.25) is 0 Å². The largest absolute Gasteiger partial charge is 0.312 e. The summed E-state index contributed by atoms with van der Waals surface area (Å²) in [7, 11) is 0. The van der Waals surface area contributed by atoms with Crippen molar-refractivity contribution in [1.29, 1.82) is 0 Å². The van der Waals surface area contributed by atoms with Gasteiger partial charge in [0.2, 0.25) is 0 Å². The molecule has 0 aliphatic heterocycles. The highest BCUT2D eigenvalue weighted by atomic mass is 35.5. The number of halogens is 1. The third-order valence-electron chi connectivity index (χ3n) is 2.10. The molecule has 0 saturated carbocycles. The molecule has 0 heterocycles. The van der Waals surface area contributed by atoms with Crippen LogP contribution in [0.3, 0.4) is 0 Å². The second kappa shape index (κ2) is 5.38. The van der Waals surface area contributed by atoms with E-state index in [1.165, 1.54) is 5.56 Å². The van der Waals surface area contributed by atoms with Gasteiger partial charge in [-0.05, 0) is 36.6 Å². The van der Waals surface area contributed by atoms with E-state index >= 15 is 0 Å². The van der Waals surface area contributed by atoms with Crippen LogP contribution >= 0.6 is 11.6 Å². The maximum Gasteiger partial charge on any atom is 0.0435 e. The van der Waals surface area contributed by atoms with Crippen LogP contribution in [0.5, 0.6) is 0 Å². The van der Waals surface area contributed by atoms with Crippen LogP contribution in [0.15, 0.2) is 18.2 Å². The molecule has 0 aliphatic rings. The van der Waals surface area contributed by atoms with E-state index in [0.29, 0.717) is 5.92 Å². The Kier molecular flexibility index (Phi) is 4.43. The number of hydrogen-bond acceptors (Lipinski definition) is 1. The first kappa shape index (κ1) is 11.5. The Balaban J connectivity index is 2.47. The molecule has 1 rings (SSSR count). The molecular formula is C12H18ClN. The van der Waals surface area contributed by atoms with Crippen LogP contribution in [-0.4, -0.2) is 6.54 Å². The molecule has 0 radical (unpaired) electrons. The van der Waals surface area contributed by atoms with Gasteiger partial charge >= 0.3 is 0 Å². The monoisotopic (exact) mass is 211 g/mol. The molecule has 0 saturated heterocycles. The molecule has 14 heavy (non-hydrogen) atoms. The van der Waals surface area contributed by atoms with Crippen LogP contribution in [0, 0.1) is 12.8 Å². The Morgan fingerprint density at radius 2 is 2.07 bits per heavy atom. The molecule has 0 bridgehead atoms. The Morgan fingerprint density at radius 1 is 1.36 bits per heavy atom. The summed E-state index contributed by atoms with van der Waals surface area (Å²) in [5.41, 5.74) is 2.45. The van der Waals surface area contributed by atoms with E-state index in [2.05, 4.69) is 31.3 Å². The van der Waals surface area contributed by atoms with E-state index in [1.54, 1.807) is 0 Å². The molecule has 0 spiro atoms. The van der Waals surface area contributed by atoms with Gasteiger partial charge in [-0.25, -0.2) is 0 Å². The molecular weight excluding hydrogens is 194 g/mol. The Bertz CT molecular complexity index is 294. The summed E-state index contributed by atoms with van der Waals surface area (Å²) in [4.78, 5) is 0. The van der Waals surface area contributed by atoms with Gasteiger partial charge in [-0.15, -0.1) is 0 Å². The molecule has 1 N–H and O–H groups in total. The topological polar surface area (TPSA) is 12.0 Å². The maximum atomic E-state index is 5.94. The number of aryl methyl sites for hydroxylation is 1. The van der Waals surface area contributed by atoms with E-state index in [1.807, 2.05) is 13.0 Å².